The zero-order chi connectivity index (χ0) is 31.5. The van der Waals surface area contributed by atoms with Crippen LogP contribution in [0, 0.1) is 64.8 Å². The van der Waals surface area contributed by atoms with Gasteiger partial charge in [0.25, 0.3) is 0 Å². The molecule has 0 amide bonds. The van der Waals surface area contributed by atoms with Crippen molar-refractivity contribution in [2.75, 3.05) is 16.1 Å². The number of halogens is 4. The molecule has 0 spiro atoms. The van der Waals surface area contributed by atoms with Gasteiger partial charge < -0.3 is 4.72 Å². The fourth-order valence-electron chi connectivity index (χ4n) is 6.01. The first-order valence-electron chi connectivity index (χ1n) is 13.5. The van der Waals surface area contributed by atoms with Crippen molar-refractivity contribution in [2.24, 2.45) is 0 Å². The quantitative estimate of drug-likeness (QED) is 0.129. The summed E-state index contributed by atoms with van der Waals surface area (Å²) >= 11 is 0. The molecule has 4 aromatic rings. The van der Waals surface area contributed by atoms with E-state index in [9.17, 15) is 8.42 Å². The second-order valence-corrected chi connectivity index (χ2v) is 12.6. The minimum absolute atomic E-state index is 0.0977. The van der Waals surface area contributed by atoms with Gasteiger partial charge in [0.15, 0.2) is 23.3 Å². The number of aryl methyl sites for hydroxylation is 6. The number of hydrogen-bond acceptors (Lipinski definition) is 4. The Bertz CT molecular complexity index is 1800. The molecule has 0 radical (unpaired) electrons. The Labute approximate surface area is 249 Å². The standard InChI is InChI=1S/C33H30F4N3O2S/c1-17-13-19(3)29(20(4)14-17)39-31-26(36)24(34)25(35)27(37)32(31)40(30-21(5)15-18(2)16-22(30)6)33(39)28(38-43(7,41)42)23-11-9-8-10-12-23/h8-16H,1-7H3/q-1. The Hall–Kier alpha value is -4.31. The van der Waals surface area contributed by atoms with E-state index in [0.29, 0.717) is 39.2 Å². The summed E-state index contributed by atoms with van der Waals surface area (Å²) in [5.41, 5.74) is 3.81. The molecule has 5 rings (SSSR count). The highest BCUT2D eigenvalue weighted by atomic mass is 32.2. The van der Waals surface area contributed by atoms with Gasteiger partial charge in [-0.3, -0.25) is 9.80 Å². The third-order valence-electron chi connectivity index (χ3n) is 7.32. The largest absolute Gasteiger partial charge is 0.574 e. The van der Waals surface area contributed by atoms with Crippen LogP contribution in [-0.4, -0.2) is 14.7 Å². The third kappa shape index (κ3) is 5.14. The first-order valence-corrected chi connectivity index (χ1v) is 15.3. The summed E-state index contributed by atoms with van der Waals surface area (Å²) in [4.78, 5) is 2.52. The maximum absolute atomic E-state index is 16.1. The lowest BCUT2D eigenvalue weighted by Crippen LogP contribution is -2.26. The van der Waals surface area contributed by atoms with E-state index in [1.807, 2.05) is 38.1 Å². The number of fused-ring (bicyclic) bond motifs is 1. The predicted molar refractivity (Wildman–Crippen MR) is 163 cm³/mol. The van der Waals surface area contributed by atoms with Gasteiger partial charge >= 0.3 is 0 Å². The number of nitrogens with zero attached hydrogens (tertiary/aromatic N) is 3. The van der Waals surface area contributed by atoms with Crippen molar-refractivity contribution in [1.82, 2.24) is 0 Å². The lowest BCUT2D eigenvalue weighted by Gasteiger charge is -2.36. The van der Waals surface area contributed by atoms with Gasteiger partial charge in [0, 0.05) is 6.26 Å². The highest BCUT2D eigenvalue weighted by Crippen LogP contribution is 2.57. The topological polar surface area (TPSA) is 54.7 Å². The normalized spacial score (nSPS) is 13.0. The molecular formula is C33H30F4N3O2S-. The monoisotopic (exact) mass is 608 g/mol. The first kappa shape index (κ1) is 30.2. The smallest absolute Gasteiger partial charge is 0.199 e. The number of rotatable bonds is 5. The summed E-state index contributed by atoms with van der Waals surface area (Å²) in [6.07, 6.45) is 0.901. The SMILES string of the molecule is Cc1cc(C)c(N2C(=C([N-]S(C)(=O)=O)c3ccccc3)N(c3c(C)cc(C)cc3C)c3c(F)c(F)c(F)c(F)c32)c(C)c1. The van der Waals surface area contributed by atoms with E-state index in [1.165, 1.54) is 9.80 Å². The van der Waals surface area contributed by atoms with Crippen LogP contribution in [0.4, 0.5) is 40.3 Å². The van der Waals surface area contributed by atoms with Gasteiger partial charge in [0.2, 0.25) is 0 Å². The summed E-state index contributed by atoms with van der Waals surface area (Å²) in [6.45, 7) is 10.7. The highest BCUT2D eigenvalue weighted by molar-refractivity contribution is 7.93. The minimum atomic E-state index is -4.12. The summed E-state index contributed by atoms with van der Waals surface area (Å²) in [7, 11) is -4.12. The zero-order valence-corrected chi connectivity index (χ0v) is 25.6. The summed E-state index contributed by atoms with van der Waals surface area (Å²) in [5, 5.41) is 0. The van der Waals surface area contributed by atoms with Gasteiger partial charge in [-0.2, -0.15) is 0 Å². The van der Waals surface area contributed by atoms with E-state index < -0.39 is 44.7 Å². The fourth-order valence-corrected chi connectivity index (χ4v) is 6.53. The van der Waals surface area contributed by atoms with Crippen molar-refractivity contribution < 1.29 is 26.0 Å². The Morgan fingerprint density at radius 2 is 0.977 bits per heavy atom. The summed E-state index contributed by atoms with van der Waals surface area (Å²) < 4.78 is 92.2. The van der Waals surface area contributed by atoms with Crippen molar-refractivity contribution in [1.29, 1.82) is 0 Å². The minimum Gasteiger partial charge on any atom is -0.574 e. The maximum Gasteiger partial charge on any atom is 0.199 e. The molecule has 0 saturated carbocycles. The Kier molecular flexibility index (Phi) is 7.54. The fraction of sp³-hybridized carbons (Fsp3) is 0.212. The average molecular weight is 609 g/mol. The predicted octanol–water partition coefficient (Wildman–Crippen LogP) is 9.04. The highest BCUT2D eigenvalue weighted by Gasteiger charge is 2.44. The second-order valence-electron chi connectivity index (χ2n) is 11.0. The maximum atomic E-state index is 16.1. The van der Waals surface area contributed by atoms with Gasteiger partial charge in [0.05, 0.1) is 21.4 Å². The first-order chi connectivity index (χ1) is 20.1. The van der Waals surface area contributed by atoms with Crippen molar-refractivity contribution in [2.45, 2.75) is 41.5 Å². The molecule has 4 aromatic carbocycles. The van der Waals surface area contributed by atoms with Gasteiger partial charge in [-0.15, -0.1) is 0 Å². The second kappa shape index (κ2) is 10.8. The molecule has 0 aliphatic carbocycles. The molecule has 0 aromatic heterocycles. The molecule has 10 heteroatoms. The molecule has 5 nitrogen and oxygen atoms in total. The van der Waals surface area contributed by atoms with Gasteiger partial charge in [-0.1, -0.05) is 71.4 Å². The van der Waals surface area contributed by atoms with E-state index in [4.69, 9.17) is 0 Å². The van der Waals surface area contributed by atoms with Crippen LogP contribution in [-0.2, 0) is 10.0 Å². The van der Waals surface area contributed by atoms with Crippen LogP contribution in [0.3, 0.4) is 0 Å². The molecule has 0 N–H and O–H groups in total. The Morgan fingerprint density at radius 3 is 1.33 bits per heavy atom. The number of sulfonamides is 1. The summed E-state index contributed by atoms with van der Waals surface area (Å²) in [5.74, 6) is -7.31. The lowest BCUT2D eigenvalue weighted by molar-refractivity contribution is 0.412. The van der Waals surface area contributed by atoms with E-state index in [2.05, 4.69) is 4.72 Å². The molecule has 0 bridgehead atoms. The number of benzene rings is 4. The molecule has 224 valence electrons. The zero-order valence-electron chi connectivity index (χ0n) is 24.8. The molecule has 0 saturated heterocycles. The number of anilines is 4. The average Bonchev–Trinajstić information content (AvgIpc) is 3.23. The Morgan fingerprint density at radius 1 is 0.605 bits per heavy atom. The van der Waals surface area contributed by atoms with Crippen LogP contribution in [0.1, 0.15) is 38.9 Å². The van der Waals surface area contributed by atoms with E-state index >= 15 is 17.6 Å². The molecule has 1 heterocycles. The summed E-state index contributed by atoms with van der Waals surface area (Å²) in [6, 6.07) is 15.5. The van der Waals surface area contributed by atoms with Gasteiger partial charge in [-0.25, -0.2) is 26.0 Å². The Balaban J connectivity index is 2.10. The van der Waals surface area contributed by atoms with Gasteiger partial charge in [0.1, 0.15) is 17.2 Å². The molecule has 0 fully saturated rings. The van der Waals surface area contributed by atoms with Crippen LogP contribution in [0.15, 0.2) is 60.4 Å². The third-order valence-corrected chi connectivity index (χ3v) is 7.84. The van der Waals surface area contributed by atoms with Crippen LogP contribution in [0.25, 0.3) is 10.4 Å². The van der Waals surface area contributed by atoms with Crippen LogP contribution in [0.5, 0.6) is 0 Å². The van der Waals surface area contributed by atoms with Crippen LogP contribution in [0.2, 0.25) is 0 Å². The van der Waals surface area contributed by atoms with E-state index in [0.717, 1.165) is 17.4 Å². The molecule has 0 atom stereocenters. The van der Waals surface area contributed by atoms with Crippen molar-refractivity contribution in [3.8, 4) is 0 Å². The lowest BCUT2D eigenvalue weighted by atomic mass is 10.0. The molecule has 1 aliphatic rings. The van der Waals surface area contributed by atoms with Crippen LogP contribution >= 0.6 is 0 Å². The van der Waals surface area contributed by atoms with Gasteiger partial charge in [-0.05, 0) is 69.4 Å². The number of hydrogen-bond donors (Lipinski definition) is 0. The molecule has 43 heavy (non-hydrogen) atoms. The molecule has 1 aliphatic heterocycles. The molecule has 0 unspecified atom stereocenters. The van der Waals surface area contributed by atoms with Crippen LogP contribution < -0.4 is 9.80 Å². The van der Waals surface area contributed by atoms with E-state index in [-0.39, 0.29) is 11.5 Å². The molecular weight excluding hydrogens is 578 g/mol. The van der Waals surface area contributed by atoms with E-state index in [1.54, 1.807) is 58.0 Å². The van der Waals surface area contributed by atoms with Crippen molar-refractivity contribution in [3.63, 3.8) is 0 Å². The van der Waals surface area contributed by atoms with Crippen molar-refractivity contribution >= 4 is 38.5 Å². The van der Waals surface area contributed by atoms with Crippen molar-refractivity contribution in [3.05, 3.63) is 127 Å².